The third kappa shape index (κ3) is 4.56. The van der Waals surface area contributed by atoms with Crippen LogP contribution in [-0.4, -0.2) is 38.1 Å². The van der Waals surface area contributed by atoms with Crippen LogP contribution < -0.4 is 10.2 Å². The van der Waals surface area contributed by atoms with Gasteiger partial charge in [0.15, 0.2) is 6.54 Å². The molecule has 0 aliphatic carbocycles. The molecule has 1 saturated heterocycles. The number of esters is 1. The van der Waals surface area contributed by atoms with Crippen molar-refractivity contribution in [2.45, 2.75) is 26.7 Å². The molecule has 1 heterocycles. The summed E-state index contributed by atoms with van der Waals surface area (Å²) in [5.41, 5.74) is 1.93. The van der Waals surface area contributed by atoms with E-state index in [9.17, 15) is 9.59 Å². The van der Waals surface area contributed by atoms with E-state index in [0.29, 0.717) is 13.2 Å². The first-order valence-corrected chi connectivity index (χ1v) is 7.95. The zero-order chi connectivity index (χ0) is 15.9. The molecule has 5 heteroatoms. The van der Waals surface area contributed by atoms with Crippen LogP contribution in [0.15, 0.2) is 24.3 Å². The number of anilines is 1. The molecule has 0 saturated carbocycles. The summed E-state index contributed by atoms with van der Waals surface area (Å²) in [6, 6.07) is 7.76. The summed E-state index contributed by atoms with van der Waals surface area (Å²) in [5.74, 6) is -0.0621. The Morgan fingerprint density at radius 1 is 1.27 bits per heavy atom. The van der Waals surface area contributed by atoms with E-state index in [1.54, 1.807) is 0 Å². The minimum absolute atomic E-state index is 0.00290. The first-order valence-electron chi connectivity index (χ1n) is 7.95. The van der Waals surface area contributed by atoms with Crippen molar-refractivity contribution in [2.24, 2.45) is 5.92 Å². The lowest BCUT2D eigenvalue weighted by atomic mass is 9.97. The molecule has 22 heavy (non-hydrogen) atoms. The summed E-state index contributed by atoms with van der Waals surface area (Å²) in [6.45, 7) is 6.37. The SMILES string of the molecule is CCOC(=O)C1CC[NH+](CC(=O)Nc2ccccc2C)CC1. The van der Waals surface area contributed by atoms with Crippen LogP contribution in [0.1, 0.15) is 25.3 Å². The van der Waals surface area contributed by atoms with Crippen molar-refractivity contribution in [3.63, 3.8) is 0 Å². The molecule has 120 valence electrons. The molecule has 0 spiro atoms. The molecule has 1 aliphatic rings. The number of carbonyl (C=O) groups excluding carboxylic acids is 2. The van der Waals surface area contributed by atoms with Crippen LogP contribution in [0.4, 0.5) is 5.69 Å². The maximum Gasteiger partial charge on any atom is 0.309 e. The number of amides is 1. The van der Waals surface area contributed by atoms with Gasteiger partial charge in [0.1, 0.15) is 0 Å². The van der Waals surface area contributed by atoms with Gasteiger partial charge in [-0.2, -0.15) is 0 Å². The highest BCUT2D eigenvalue weighted by molar-refractivity contribution is 5.92. The first-order chi connectivity index (χ1) is 10.6. The van der Waals surface area contributed by atoms with Gasteiger partial charge in [0.2, 0.25) is 0 Å². The third-order valence-electron chi connectivity index (χ3n) is 4.14. The van der Waals surface area contributed by atoms with Crippen LogP contribution in [-0.2, 0) is 14.3 Å². The molecular formula is C17H25N2O3+. The molecule has 1 aromatic rings. The number of piperidine rings is 1. The summed E-state index contributed by atoms with van der Waals surface area (Å²) < 4.78 is 5.06. The van der Waals surface area contributed by atoms with Crippen LogP contribution in [0.5, 0.6) is 0 Å². The molecule has 1 aromatic carbocycles. The molecule has 2 N–H and O–H groups in total. The fourth-order valence-corrected chi connectivity index (χ4v) is 2.83. The molecule has 0 bridgehead atoms. The second kappa shape index (κ2) is 7.94. The third-order valence-corrected chi connectivity index (χ3v) is 4.14. The predicted molar refractivity (Wildman–Crippen MR) is 84.7 cm³/mol. The second-order valence-corrected chi connectivity index (χ2v) is 5.82. The number of para-hydroxylation sites is 1. The highest BCUT2D eigenvalue weighted by Gasteiger charge is 2.29. The molecule has 0 atom stereocenters. The van der Waals surface area contributed by atoms with Crippen LogP contribution in [0, 0.1) is 12.8 Å². The maximum atomic E-state index is 12.1. The smallest absolute Gasteiger partial charge is 0.309 e. The number of aryl methyl sites for hydroxylation is 1. The summed E-state index contributed by atoms with van der Waals surface area (Å²) in [5, 5.41) is 2.96. The zero-order valence-corrected chi connectivity index (χ0v) is 13.4. The van der Waals surface area contributed by atoms with Crippen molar-refractivity contribution in [1.82, 2.24) is 0 Å². The van der Waals surface area contributed by atoms with Gasteiger partial charge in [-0.15, -0.1) is 0 Å². The molecule has 0 aromatic heterocycles. The topological polar surface area (TPSA) is 59.8 Å². The van der Waals surface area contributed by atoms with E-state index in [-0.39, 0.29) is 17.8 Å². The van der Waals surface area contributed by atoms with Gasteiger partial charge in [-0.05, 0) is 25.5 Å². The van der Waals surface area contributed by atoms with Crippen LogP contribution in [0.3, 0.4) is 0 Å². The second-order valence-electron chi connectivity index (χ2n) is 5.82. The average molecular weight is 305 g/mol. The Bertz CT molecular complexity index is 522. The quantitative estimate of drug-likeness (QED) is 0.791. The van der Waals surface area contributed by atoms with Gasteiger partial charge in [-0.25, -0.2) is 0 Å². The van der Waals surface area contributed by atoms with E-state index in [1.807, 2.05) is 38.1 Å². The monoisotopic (exact) mass is 305 g/mol. The van der Waals surface area contributed by atoms with E-state index >= 15 is 0 Å². The number of hydrogen-bond acceptors (Lipinski definition) is 3. The molecule has 1 amide bonds. The van der Waals surface area contributed by atoms with Gasteiger partial charge in [-0.1, -0.05) is 18.2 Å². The first kappa shape index (κ1) is 16.5. The molecule has 2 rings (SSSR count). The summed E-state index contributed by atoms with van der Waals surface area (Å²) in [4.78, 5) is 25.1. The lowest BCUT2D eigenvalue weighted by molar-refractivity contribution is -0.897. The number of nitrogens with one attached hydrogen (secondary N) is 2. The molecule has 1 aliphatic heterocycles. The maximum absolute atomic E-state index is 12.1. The van der Waals surface area contributed by atoms with Crippen molar-refractivity contribution in [3.05, 3.63) is 29.8 Å². The van der Waals surface area contributed by atoms with Crippen LogP contribution in [0.2, 0.25) is 0 Å². The van der Waals surface area contributed by atoms with Crippen molar-refractivity contribution in [1.29, 1.82) is 0 Å². The number of likely N-dealkylation sites (tertiary alicyclic amines) is 1. The fourth-order valence-electron chi connectivity index (χ4n) is 2.83. The van der Waals surface area contributed by atoms with Gasteiger partial charge < -0.3 is 15.0 Å². The highest BCUT2D eigenvalue weighted by atomic mass is 16.5. The van der Waals surface area contributed by atoms with Crippen molar-refractivity contribution >= 4 is 17.6 Å². The lowest BCUT2D eigenvalue weighted by Crippen LogP contribution is -3.14. The van der Waals surface area contributed by atoms with Gasteiger partial charge in [0.05, 0.1) is 25.6 Å². The Morgan fingerprint density at radius 2 is 1.95 bits per heavy atom. The minimum atomic E-state index is -0.0917. The van der Waals surface area contributed by atoms with E-state index < -0.39 is 0 Å². The Hall–Kier alpha value is -1.88. The van der Waals surface area contributed by atoms with Crippen molar-refractivity contribution in [2.75, 3.05) is 31.6 Å². The molecule has 0 radical (unpaired) electrons. The van der Waals surface area contributed by atoms with Gasteiger partial charge in [0.25, 0.3) is 5.91 Å². The fraction of sp³-hybridized carbons (Fsp3) is 0.529. The van der Waals surface area contributed by atoms with Gasteiger partial charge in [-0.3, -0.25) is 9.59 Å². The van der Waals surface area contributed by atoms with Crippen molar-refractivity contribution in [3.8, 4) is 0 Å². The Balaban J connectivity index is 1.77. The van der Waals surface area contributed by atoms with Crippen LogP contribution >= 0.6 is 0 Å². The largest absolute Gasteiger partial charge is 0.466 e. The normalized spacial score (nSPS) is 21.2. The standard InChI is InChI=1S/C17H24N2O3/c1-3-22-17(21)14-8-10-19(11-9-14)12-16(20)18-15-7-5-4-6-13(15)2/h4-7,14H,3,8-12H2,1-2H3,(H,18,20)/p+1. The molecule has 1 fully saturated rings. The highest BCUT2D eigenvalue weighted by Crippen LogP contribution is 2.13. The number of quaternary nitrogens is 1. The summed E-state index contributed by atoms with van der Waals surface area (Å²) in [7, 11) is 0. The van der Waals surface area contributed by atoms with Crippen LogP contribution in [0.25, 0.3) is 0 Å². The summed E-state index contributed by atoms with van der Waals surface area (Å²) >= 11 is 0. The number of benzene rings is 1. The number of ether oxygens (including phenoxy) is 1. The summed E-state index contributed by atoms with van der Waals surface area (Å²) in [6.07, 6.45) is 1.59. The zero-order valence-electron chi connectivity index (χ0n) is 13.4. The molecular weight excluding hydrogens is 280 g/mol. The van der Waals surface area contributed by atoms with Gasteiger partial charge in [0, 0.05) is 18.5 Å². The van der Waals surface area contributed by atoms with E-state index in [1.165, 1.54) is 4.90 Å². The molecule has 0 unspecified atom stereocenters. The Morgan fingerprint density at radius 3 is 2.59 bits per heavy atom. The Labute approximate surface area is 131 Å². The number of hydrogen-bond donors (Lipinski definition) is 2. The number of carbonyl (C=O) groups is 2. The van der Waals surface area contributed by atoms with Crippen molar-refractivity contribution < 1.29 is 19.2 Å². The van der Waals surface area contributed by atoms with E-state index in [0.717, 1.165) is 37.2 Å². The van der Waals surface area contributed by atoms with Gasteiger partial charge >= 0.3 is 5.97 Å². The van der Waals surface area contributed by atoms with E-state index in [4.69, 9.17) is 4.74 Å². The predicted octanol–water partition coefficient (Wildman–Crippen LogP) is 0.792. The Kier molecular flexibility index (Phi) is 5.95. The lowest BCUT2D eigenvalue weighted by Gasteiger charge is -2.27. The average Bonchev–Trinajstić information content (AvgIpc) is 2.50. The minimum Gasteiger partial charge on any atom is -0.466 e. The molecule has 5 nitrogen and oxygen atoms in total. The number of rotatable bonds is 5. The van der Waals surface area contributed by atoms with E-state index in [2.05, 4.69) is 5.32 Å².